The first-order valence-corrected chi connectivity index (χ1v) is 8.98. The third-order valence-electron chi connectivity index (χ3n) is 4.36. The second-order valence-corrected chi connectivity index (χ2v) is 7.43. The van der Waals surface area contributed by atoms with Gasteiger partial charge in [0.25, 0.3) is 5.91 Å². The van der Waals surface area contributed by atoms with Crippen LogP contribution in [0.15, 0.2) is 55.0 Å². The fraction of sp³-hybridized carbons (Fsp3) is 0.190. The number of hydrogen-bond acceptors (Lipinski definition) is 6. The predicted octanol–water partition coefficient (Wildman–Crippen LogP) is 3.84. The SMILES string of the molecule is CC(C)(O)Cc1ccc2c(c1)NC(=O)c1ccc(Nc3ccncn3)cc1N2. The smallest absolute Gasteiger partial charge is 0.257 e. The molecule has 2 aromatic carbocycles. The van der Waals surface area contributed by atoms with E-state index >= 15 is 0 Å². The van der Waals surface area contributed by atoms with Crippen LogP contribution in [0.5, 0.6) is 0 Å². The molecule has 7 nitrogen and oxygen atoms in total. The zero-order valence-corrected chi connectivity index (χ0v) is 15.7. The second-order valence-electron chi connectivity index (χ2n) is 7.43. The van der Waals surface area contributed by atoms with Gasteiger partial charge in [0.1, 0.15) is 12.1 Å². The van der Waals surface area contributed by atoms with Crippen LogP contribution in [0.4, 0.5) is 28.6 Å². The van der Waals surface area contributed by atoms with Gasteiger partial charge in [-0.05, 0) is 55.8 Å². The number of carbonyl (C=O) groups excluding carboxylic acids is 1. The van der Waals surface area contributed by atoms with Crippen molar-refractivity contribution >= 4 is 34.5 Å². The maximum atomic E-state index is 12.7. The lowest BCUT2D eigenvalue weighted by atomic mass is 9.98. The standard InChI is InChI=1S/C21H21N5O2/c1-21(2,28)11-13-3-6-16-18(9-13)26-20(27)15-5-4-14(10-17(15)25-16)24-19-7-8-22-12-23-19/h3-10,12,25,28H,11H2,1-2H3,(H,26,27)(H,22,23,24). The van der Waals surface area contributed by atoms with Gasteiger partial charge in [0, 0.05) is 18.3 Å². The summed E-state index contributed by atoms with van der Waals surface area (Å²) in [5.74, 6) is 0.486. The first-order chi connectivity index (χ1) is 13.4. The van der Waals surface area contributed by atoms with E-state index in [9.17, 15) is 9.90 Å². The Kier molecular flexibility index (Phi) is 4.44. The monoisotopic (exact) mass is 375 g/mol. The number of rotatable bonds is 4. The summed E-state index contributed by atoms with van der Waals surface area (Å²) < 4.78 is 0. The highest BCUT2D eigenvalue weighted by atomic mass is 16.3. The molecule has 4 rings (SSSR count). The summed E-state index contributed by atoms with van der Waals surface area (Å²) in [5.41, 5.74) is 3.67. The van der Waals surface area contributed by atoms with Gasteiger partial charge in [-0.1, -0.05) is 6.07 Å². The molecule has 0 saturated carbocycles. The molecule has 0 bridgehead atoms. The lowest BCUT2D eigenvalue weighted by Crippen LogP contribution is -2.22. The number of nitrogens with one attached hydrogen (secondary N) is 3. The molecular formula is C21H21N5O2. The van der Waals surface area contributed by atoms with Crippen LogP contribution in [0.2, 0.25) is 0 Å². The molecule has 2 heterocycles. The normalized spacial score (nSPS) is 12.9. The predicted molar refractivity (Wildman–Crippen MR) is 109 cm³/mol. The average Bonchev–Trinajstić information content (AvgIpc) is 2.76. The molecule has 142 valence electrons. The average molecular weight is 375 g/mol. The van der Waals surface area contributed by atoms with Crippen molar-refractivity contribution in [3.8, 4) is 0 Å². The third kappa shape index (κ3) is 3.94. The third-order valence-corrected chi connectivity index (χ3v) is 4.36. The van der Waals surface area contributed by atoms with Gasteiger partial charge in [-0.3, -0.25) is 4.79 Å². The molecule has 1 amide bonds. The Morgan fingerprint density at radius 1 is 1.04 bits per heavy atom. The number of anilines is 5. The highest BCUT2D eigenvalue weighted by Gasteiger charge is 2.21. The Morgan fingerprint density at radius 2 is 1.89 bits per heavy atom. The molecule has 0 atom stereocenters. The molecule has 28 heavy (non-hydrogen) atoms. The topological polar surface area (TPSA) is 99.2 Å². The minimum absolute atomic E-state index is 0.185. The molecule has 0 saturated heterocycles. The van der Waals surface area contributed by atoms with Crippen molar-refractivity contribution in [1.29, 1.82) is 0 Å². The molecular weight excluding hydrogens is 354 g/mol. The van der Waals surface area contributed by atoms with Crippen molar-refractivity contribution in [2.75, 3.05) is 16.0 Å². The zero-order valence-electron chi connectivity index (χ0n) is 15.7. The first-order valence-electron chi connectivity index (χ1n) is 8.98. The summed E-state index contributed by atoms with van der Waals surface area (Å²) in [5, 5.41) is 19.5. The Balaban J connectivity index is 1.64. The Bertz CT molecular complexity index is 1030. The molecule has 0 aliphatic carbocycles. The Labute approximate surface area is 162 Å². The summed E-state index contributed by atoms with van der Waals surface area (Å²) in [6.07, 6.45) is 3.63. The van der Waals surface area contributed by atoms with E-state index in [-0.39, 0.29) is 5.91 Å². The van der Waals surface area contributed by atoms with Crippen molar-refractivity contribution in [2.45, 2.75) is 25.9 Å². The van der Waals surface area contributed by atoms with Crippen molar-refractivity contribution in [2.24, 2.45) is 0 Å². The van der Waals surface area contributed by atoms with Crippen molar-refractivity contribution in [3.05, 3.63) is 66.1 Å². The van der Waals surface area contributed by atoms with E-state index in [1.807, 2.05) is 30.3 Å². The van der Waals surface area contributed by atoms with Gasteiger partial charge in [0.2, 0.25) is 0 Å². The number of carbonyl (C=O) groups is 1. The summed E-state index contributed by atoms with van der Waals surface area (Å²) in [4.78, 5) is 20.7. The lowest BCUT2D eigenvalue weighted by molar-refractivity contribution is 0.0810. The van der Waals surface area contributed by atoms with Gasteiger partial charge < -0.3 is 21.1 Å². The molecule has 1 aliphatic heterocycles. The molecule has 0 fully saturated rings. The minimum Gasteiger partial charge on any atom is -0.390 e. The minimum atomic E-state index is -0.819. The lowest BCUT2D eigenvalue weighted by Gasteiger charge is -2.18. The molecule has 0 spiro atoms. The van der Waals surface area contributed by atoms with E-state index in [0.717, 1.165) is 16.9 Å². The Morgan fingerprint density at radius 3 is 2.64 bits per heavy atom. The van der Waals surface area contributed by atoms with Gasteiger partial charge in [-0.25, -0.2) is 9.97 Å². The van der Waals surface area contributed by atoms with Gasteiger partial charge >= 0.3 is 0 Å². The maximum absolute atomic E-state index is 12.7. The van der Waals surface area contributed by atoms with E-state index in [0.29, 0.717) is 29.2 Å². The molecule has 0 unspecified atom stereocenters. The van der Waals surface area contributed by atoms with E-state index in [1.54, 1.807) is 32.2 Å². The fourth-order valence-electron chi connectivity index (χ4n) is 3.18. The summed E-state index contributed by atoms with van der Waals surface area (Å²) in [6, 6.07) is 13.0. The maximum Gasteiger partial charge on any atom is 0.257 e. The summed E-state index contributed by atoms with van der Waals surface area (Å²) in [6.45, 7) is 3.52. The van der Waals surface area contributed by atoms with Crippen molar-refractivity contribution in [3.63, 3.8) is 0 Å². The molecule has 3 aromatic rings. The van der Waals surface area contributed by atoms with Crippen LogP contribution in [0, 0.1) is 0 Å². The molecule has 4 N–H and O–H groups in total. The Hall–Kier alpha value is -3.45. The molecule has 1 aromatic heterocycles. The summed E-state index contributed by atoms with van der Waals surface area (Å²) in [7, 11) is 0. The van der Waals surface area contributed by atoms with Crippen LogP contribution in [0.3, 0.4) is 0 Å². The summed E-state index contributed by atoms with van der Waals surface area (Å²) >= 11 is 0. The molecule has 7 heteroatoms. The van der Waals surface area contributed by atoms with Gasteiger partial charge in [-0.2, -0.15) is 0 Å². The number of fused-ring (bicyclic) bond motifs is 2. The largest absolute Gasteiger partial charge is 0.390 e. The van der Waals surface area contributed by atoms with Crippen LogP contribution < -0.4 is 16.0 Å². The van der Waals surface area contributed by atoms with E-state index in [4.69, 9.17) is 0 Å². The molecule has 1 aliphatic rings. The number of nitrogens with zero attached hydrogens (tertiary/aromatic N) is 2. The number of amides is 1. The fourth-order valence-corrected chi connectivity index (χ4v) is 3.18. The number of aliphatic hydroxyl groups is 1. The van der Waals surface area contributed by atoms with E-state index in [1.165, 1.54) is 6.33 Å². The van der Waals surface area contributed by atoms with Crippen LogP contribution in [-0.2, 0) is 6.42 Å². The number of hydrogen-bond donors (Lipinski definition) is 4. The second kappa shape index (κ2) is 6.94. The van der Waals surface area contributed by atoms with Gasteiger partial charge in [0.05, 0.1) is 28.2 Å². The van der Waals surface area contributed by atoms with Crippen LogP contribution in [0.1, 0.15) is 29.8 Å². The van der Waals surface area contributed by atoms with Crippen molar-refractivity contribution in [1.82, 2.24) is 9.97 Å². The number of aromatic nitrogens is 2. The first kappa shape index (κ1) is 17.9. The molecule has 0 radical (unpaired) electrons. The van der Waals surface area contributed by atoms with E-state index < -0.39 is 5.60 Å². The van der Waals surface area contributed by atoms with E-state index in [2.05, 4.69) is 25.9 Å². The van der Waals surface area contributed by atoms with Gasteiger partial charge in [-0.15, -0.1) is 0 Å². The highest BCUT2D eigenvalue weighted by molar-refractivity contribution is 6.12. The quantitative estimate of drug-likeness (QED) is 0.553. The van der Waals surface area contributed by atoms with Crippen molar-refractivity contribution < 1.29 is 9.90 Å². The van der Waals surface area contributed by atoms with Crippen LogP contribution >= 0.6 is 0 Å². The van der Waals surface area contributed by atoms with Gasteiger partial charge in [0.15, 0.2) is 0 Å². The number of benzene rings is 2. The zero-order chi connectivity index (χ0) is 19.7. The highest BCUT2D eigenvalue weighted by Crippen LogP contribution is 2.35. The van der Waals surface area contributed by atoms with Crippen LogP contribution in [0.25, 0.3) is 0 Å². The van der Waals surface area contributed by atoms with Crippen LogP contribution in [-0.4, -0.2) is 26.6 Å².